The molecule has 0 spiro atoms. The van der Waals surface area contributed by atoms with Crippen molar-refractivity contribution in [3.8, 4) is 0 Å². The average molecular weight is 381 g/mol. The summed E-state index contributed by atoms with van der Waals surface area (Å²) in [5.74, 6) is 1.89. The van der Waals surface area contributed by atoms with Gasteiger partial charge in [-0.2, -0.15) is 17.0 Å². The van der Waals surface area contributed by atoms with Crippen molar-refractivity contribution >= 4 is 21.8 Å². The Morgan fingerprint density at radius 3 is 1.77 bits per heavy atom. The van der Waals surface area contributed by atoms with Gasteiger partial charge in [-0.25, -0.2) is 9.97 Å². The van der Waals surface area contributed by atoms with Gasteiger partial charge in [-0.05, 0) is 32.1 Å². The first-order valence-electron chi connectivity index (χ1n) is 9.72. The highest BCUT2D eigenvalue weighted by molar-refractivity contribution is 7.86. The topological polar surface area (TPSA) is 72.9 Å². The van der Waals surface area contributed by atoms with E-state index < -0.39 is 10.2 Å². The number of piperidine rings is 1. The van der Waals surface area contributed by atoms with Crippen LogP contribution in [0.2, 0.25) is 0 Å². The van der Waals surface area contributed by atoms with Gasteiger partial charge < -0.3 is 9.80 Å². The minimum Gasteiger partial charge on any atom is -0.356 e. The molecule has 0 amide bonds. The lowest BCUT2D eigenvalue weighted by molar-refractivity contribution is 0.343. The molecule has 3 fully saturated rings. The number of piperazine rings is 1. The summed E-state index contributed by atoms with van der Waals surface area (Å²) in [6.07, 6.45) is 7.30. The maximum atomic E-state index is 12.7. The monoisotopic (exact) mass is 380 g/mol. The number of hydrogen-bond acceptors (Lipinski definition) is 6. The average Bonchev–Trinajstić information content (AvgIpc) is 3.25. The SMILES string of the molecule is O=S(=O)(N1CCCC1)N1CCN(c2cc(N3CCCCC3)ncn2)CC1. The Bertz CT molecular complexity index is 708. The van der Waals surface area contributed by atoms with E-state index >= 15 is 0 Å². The molecule has 3 aliphatic rings. The van der Waals surface area contributed by atoms with Crippen molar-refractivity contribution in [3.05, 3.63) is 12.4 Å². The van der Waals surface area contributed by atoms with Crippen molar-refractivity contribution in [2.24, 2.45) is 0 Å². The molecule has 0 radical (unpaired) electrons. The van der Waals surface area contributed by atoms with Crippen LogP contribution in [0.25, 0.3) is 0 Å². The Labute approximate surface area is 156 Å². The van der Waals surface area contributed by atoms with Crippen LogP contribution in [0, 0.1) is 0 Å². The highest BCUT2D eigenvalue weighted by atomic mass is 32.2. The van der Waals surface area contributed by atoms with Crippen LogP contribution in [0.3, 0.4) is 0 Å². The summed E-state index contributed by atoms with van der Waals surface area (Å²) in [6.45, 7) is 5.80. The van der Waals surface area contributed by atoms with Crippen LogP contribution < -0.4 is 9.80 Å². The van der Waals surface area contributed by atoms with Crippen molar-refractivity contribution < 1.29 is 8.42 Å². The summed E-state index contributed by atoms with van der Waals surface area (Å²) in [6, 6.07) is 2.05. The van der Waals surface area contributed by atoms with Crippen LogP contribution in [-0.4, -0.2) is 79.4 Å². The van der Waals surface area contributed by atoms with Crippen molar-refractivity contribution in [1.82, 2.24) is 18.6 Å². The number of anilines is 2. The van der Waals surface area contributed by atoms with E-state index in [1.165, 1.54) is 19.3 Å². The Morgan fingerprint density at radius 2 is 1.15 bits per heavy atom. The second kappa shape index (κ2) is 7.66. The van der Waals surface area contributed by atoms with E-state index in [4.69, 9.17) is 0 Å². The Balaban J connectivity index is 1.40. The number of aromatic nitrogens is 2. The first-order valence-corrected chi connectivity index (χ1v) is 11.1. The molecular formula is C17H28N6O2S. The second-order valence-electron chi connectivity index (χ2n) is 7.28. The molecule has 1 aromatic rings. The number of rotatable bonds is 4. The number of nitrogens with zero attached hydrogens (tertiary/aromatic N) is 6. The highest BCUT2D eigenvalue weighted by Crippen LogP contribution is 2.23. The molecule has 0 atom stereocenters. The van der Waals surface area contributed by atoms with Gasteiger partial charge in [0.25, 0.3) is 10.2 Å². The van der Waals surface area contributed by atoms with Gasteiger partial charge in [-0.15, -0.1) is 0 Å². The third-order valence-corrected chi connectivity index (χ3v) is 7.63. The van der Waals surface area contributed by atoms with E-state index in [0.717, 1.165) is 37.6 Å². The van der Waals surface area contributed by atoms with E-state index in [-0.39, 0.29) is 0 Å². The predicted octanol–water partition coefficient (Wildman–Crippen LogP) is 0.930. The third kappa shape index (κ3) is 3.65. The Kier molecular flexibility index (Phi) is 5.28. The molecule has 1 aromatic heterocycles. The minimum atomic E-state index is -3.29. The van der Waals surface area contributed by atoms with Crippen molar-refractivity contribution in [2.75, 3.05) is 62.2 Å². The maximum absolute atomic E-state index is 12.7. The standard InChI is InChI=1S/C17H28N6O2S/c24-26(25,22-8-4-5-9-22)23-12-10-21(11-13-23)17-14-16(18-15-19-17)20-6-2-1-3-7-20/h14-15H,1-13H2. The summed E-state index contributed by atoms with van der Waals surface area (Å²) < 4.78 is 28.6. The number of hydrogen-bond donors (Lipinski definition) is 0. The van der Waals surface area contributed by atoms with E-state index in [1.54, 1.807) is 14.9 Å². The molecule has 0 N–H and O–H groups in total. The van der Waals surface area contributed by atoms with E-state index in [1.807, 2.05) is 0 Å². The molecule has 26 heavy (non-hydrogen) atoms. The first kappa shape index (κ1) is 17.9. The van der Waals surface area contributed by atoms with Crippen molar-refractivity contribution in [1.29, 1.82) is 0 Å². The summed E-state index contributed by atoms with van der Waals surface area (Å²) in [7, 11) is -3.29. The summed E-state index contributed by atoms with van der Waals surface area (Å²) in [5.41, 5.74) is 0. The van der Waals surface area contributed by atoms with Crippen LogP contribution in [-0.2, 0) is 10.2 Å². The van der Waals surface area contributed by atoms with E-state index in [0.29, 0.717) is 39.3 Å². The summed E-state index contributed by atoms with van der Waals surface area (Å²) in [4.78, 5) is 13.4. The van der Waals surface area contributed by atoms with Gasteiger partial charge in [0.05, 0.1) is 0 Å². The van der Waals surface area contributed by atoms with Gasteiger partial charge in [-0.3, -0.25) is 0 Å². The largest absolute Gasteiger partial charge is 0.356 e. The van der Waals surface area contributed by atoms with Crippen LogP contribution in [0.1, 0.15) is 32.1 Å². The van der Waals surface area contributed by atoms with Crippen LogP contribution >= 0.6 is 0 Å². The third-order valence-electron chi connectivity index (χ3n) is 5.60. The van der Waals surface area contributed by atoms with Gasteiger partial charge in [0.2, 0.25) is 0 Å². The van der Waals surface area contributed by atoms with Crippen LogP contribution in [0.15, 0.2) is 12.4 Å². The Morgan fingerprint density at radius 1 is 0.654 bits per heavy atom. The van der Waals surface area contributed by atoms with Gasteiger partial charge >= 0.3 is 0 Å². The second-order valence-corrected chi connectivity index (χ2v) is 9.21. The molecule has 144 valence electrons. The zero-order valence-electron chi connectivity index (χ0n) is 15.3. The van der Waals surface area contributed by atoms with Gasteiger partial charge in [0.1, 0.15) is 18.0 Å². The van der Waals surface area contributed by atoms with E-state index in [9.17, 15) is 8.42 Å². The van der Waals surface area contributed by atoms with Gasteiger partial charge in [-0.1, -0.05) is 0 Å². The zero-order valence-corrected chi connectivity index (χ0v) is 16.1. The smallest absolute Gasteiger partial charge is 0.282 e. The highest BCUT2D eigenvalue weighted by Gasteiger charge is 2.34. The molecule has 0 aliphatic carbocycles. The molecule has 3 saturated heterocycles. The molecule has 0 saturated carbocycles. The molecule has 8 nitrogen and oxygen atoms in total. The fourth-order valence-electron chi connectivity index (χ4n) is 4.04. The fraction of sp³-hybridized carbons (Fsp3) is 0.765. The van der Waals surface area contributed by atoms with Crippen molar-refractivity contribution in [3.63, 3.8) is 0 Å². The summed E-state index contributed by atoms with van der Waals surface area (Å²) in [5, 5.41) is 0. The predicted molar refractivity (Wildman–Crippen MR) is 102 cm³/mol. The maximum Gasteiger partial charge on any atom is 0.282 e. The molecule has 3 aliphatic heterocycles. The van der Waals surface area contributed by atoms with E-state index in [2.05, 4.69) is 25.8 Å². The first-order chi connectivity index (χ1) is 12.6. The molecule has 0 unspecified atom stereocenters. The molecule has 0 aromatic carbocycles. The normalized spacial score (nSPS) is 23.5. The zero-order chi connectivity index (χ0) is 18.0. The molecular weight excluding hydrogens is 352 g/mol. The molecule has 4 rings (SSSR count). The lowest BCUT2D eigenvalue weighted by atomic mass is 10.1. The van der Waals surface area contributed by atoms with Crippen LogP contribution in [0.4, 0.5) is 11.6 Å². The molecule has 4 heterocycles. The lowest BCUT2D eigenvalue weighted by Crippen LogP contribution is -2.52. The minimum absolute atomic E-state index is 0.516. The summed E-state index contributed by atoms with van der Waals surface area (Å²) >= 11 is 0. The van der Waals surface area contributed by atoms with Gasteiger partial charge in [0.15, 0.2) is 0 Å². The Hall–Kier alpha value is -1.45. The quantitative estimate of drug-likeness (QED) is 0.774. The molecule has 0 bridgehead atoms. The van der Waals surface area contributed by atoms with Gasteiger partial charge in [0, 0.05) is 58.4 Å². The lowest BCUT2D eigenvalue weighted by Gasteiger charge is -2.36. The van der Waals surface area contributed by atoms with Crippen molar-refractivity contribution in [2.45, 2.75) is 32.1 Å². The van der Waals surface area contributed by atoms with Crippen LogP contribution in [0.5, 0.6) is 0 Å². The molecule has 9 heteroatoms. The fourth-order valence-corrected chi connectivity index (χ4v) is 5.71.